The molecule has 0 unspecified atom stereocenters. The van der Waals surface area contributed by atoms with Gasteiger partial charge in [-0.2, -0.15) is 0 Å². The van der Waals surface area contributed by atoms with Crippen LogP contribution < -0.4 is 9.46 Å². The molecule has 0 amide bonds. The molecule has 0 aliphatic carbocycles. The van der Waals surface area contributed by atoms with E-state index >= 15 is 0 Å². The molecule has 0 saturated heterocycles. The lowest BCUT2D eigenvalue weighted by Gasteiger charge is -2.16. The lowest BCUT2D eigenvalue weighted by atomic mass is 9.94. The summed E-state index contributed by atoms with van der Waals surface area (Å²) < 4.78 is 71.4. The molecule has 40 heavy (non-hydrogen) atoms. The third kappa shape index (κ3) is 5.85. The summed E-state index contributed by atoms with van der Waals surface area (Å²) in [6.45, 7) is 0. The molecular formula is C29H19BrF3NO5S. The summed E-state index contributed by atoms with van der Waals surface area (Å²) in [5.74, 6) is -0.811. The van der Waals surface area contributed by atoms with E-state index in [9.17, 15) is 31.8 Å². The number of aromatic hydroxyl groups is 2. The van der Waals surface area contributed by atoms with Gasteiger partial charge in [0.05, 0.1) is 0 Å². The average Bonchev–Trinajstić information content (AvgIpc) is 2.87. The predicted molar refractivity (Wildman–Crippen MR) is 150 cm³/mol. The molecule has 0 atom stereocenters. The lowest BCUT2D eigenvalue weighted by Crippen LogP contribution is -2.21. The molecule has 11 heteroatoms. The normalized spacial score (nSPS) is 11.9. The Balaban J connectivity index is 1.53. The van der Waals surface area contributed by atoms with Crippen LogP contribution in [0.15, 0.2) is 106 Å². The molecule has 0 saturated carbocycles. The highest BCUT2D eigenvalue weighted by atomic mass is 79.9. The van der Waals surface area contributed by atoms with Crippen LogP contribution in [0.3, 0.4) is 0 Å². The van der Waals surface area contributed by atoms with Crippen LogP contribution >= 0.6 is 15.9 Å². The number of phenols is 2. The van der Waals surface area contributed by atoms with Crippen LogP contribution in [0.5, 0.6) is 17.2 Å². The molecule has 0 aliphatic rings. The number of rotatable bonds is 6. The number of fused-ring (bicyclic) bond motifs is 1. The van der Waals surface area contributed by atoms with E-state index in [-0.39, 0.29) is 21.7 Å². The van der Waals surface area contributed by atoms with Crippen molar-refractivity contribution in [3.05, 3.63) is 102 Å². The van der Waals surface area contributed by atoms with Gasteiger partial charge in [-0.1, -0.05) is 58.4 Å². The quantitative estimate of drug-likeness (QED) is 0.177. The van der Waals surface area contributed by atoms with Gasteiger partial charge < -0.3 is 14.9 Å². The fourth-order valence-corrected chi connectivity index (χ4v) is 5.84. The minimum absolute atomic E-state index is 0.0496. The standard InChI is InChI=1S/C29H19BrF3NO5S/c30-21-9-12-27(26(16-21)39-29(31,32)33)40(37,38)34-22-5-1-4-20(14-22)28-24-10-7-18(13-19(24)8-11-25(28)36)17-3-2-6-23(35)15-17/h1-16,34-36H. The van der Waals surface area contributed by atoms with Crippen LogP contribution in [-0.2, 0) is 10.0 Å². The number of nitrogens with one attached hydrogen (secondary N) is 1. The maximum atomic E-state index is 13.1. The van der Waals surface area contributed by atoms with E-state index in [1.54, 1.807) is 36.4 Å². The first-order valence-electron chi connectivity index (χ1n) is 11.6. The van der Waals surface area contributed by atoms with Crippen molar-refractivity contribution in [3.8, 4) is 39.5 Å². The topological polar surface area (TPSA) is 95.9 Å². The minimum atomic E-state index is -5.10. The molecule has 204 valence electrons. The summed E-state index contributed by atoms with van der Waals surface area (Å²) in [6.07, 6.45) is -5.10. The van der Waals surface area contributed by atoms with Crippen molar-refractivity contribution in [3.63, 3.8) is 0 Å². The number of benzene rings is 5. The van der Waals surface area contributed by atoms with Gasteiger partial charge in [0.15, 0.2) is 5.75 Å². The van der Waals surface area contributed by atoms with Gasteiger partial charge in [-0.05, 0) is 82.1 Å². The Bertz CT molecular complexity index is 1860. The maximum absolute atomic E-state index is 13.1. The van der Waals surface area contributed by atoms with E-state index in [4.69, 9.17) is 0 Å². The van der Waals surface area contributed by atoms with Crippen LogP contribution in [0.4, 0.5) is 18.9 Å². The number of hydrogen-bond donors (Lipinski definition) is 3. The third-order valence-electron chi connectivity index (χ3n) is 6.00. The van der Waals surface area contributed by atoms with Crippen molar-refractivity contribution in [2.45, 2.75) is 11.3 Å². The third-order valence-corrected chi connectivity index (χ3v) is 7.92. The second-order valence-electron chi connectivity index (χ2n) is 8.77. The minimum Gasteiger partial charge on any atom is -0.508 e. The van der Waals surface area contributed by atoms with E-state index in [2.05, 4.69) is 25.4 Å². The number of halogens is 4. The average molecular weight is 630 g/mol. The summed E-state index contributed by atoms with van der Waals surface area (Å²) in [5, 5.41) is 22.0. The SMILES string of the molecule is O=S(=O)(Nc1cccc(-c2c(O)ccc3cc(-c4cccc(O)c4)ccc23)c1)c1ccc(Br)cc1OC(F)(F)F. The largest absolute Gasteiger partial charge is 0.573 e. The zero-order valence-electron chi connectivity index (χ0n) is 20.3. The van der Waals surface area contributed by atoms with E-state index < -0.39 is 27.0 Å². The fraction of sp³-hybridized carbons (Fsp3) is 0.0345. The van der Waals surface area contributed by atoms with E-state index in [0.717, 1.165) is 28.6 Å². The van der Waals surface area contributed by atoms with Crippen LogP contribution in [0.2, 0.25) is 0 Å². The first kappa shape index (κ1) is 27.4. The highest BCUT2D eigenvalue weighted by Crippen LogP contribution is 2.40. The van der Waals surface area contributed by atoms with Crippen molar-refractivity contribution in [2.24, 2.45) is 0 Å². The van der Waals surface area contributed by atoms with Crippen molar-refractivity contribution < 1.29 is 36.5 Å². The van der Waals surface area contributed by atoms with Crippen molar-refractivity contribution in [2.75, 3.05) is 4.72 Å². The second-order valence-corrected chi connectivity index (χ2v) is 11.3. The van der Waals surface area contributed by atoms with Crippen molar-refractivity contribution >= 4 is 42.4 Å². The fourth-order valence-electron chi connectivity index (χ4n) is 4.34. The van der Waals surface area contributed by atoms with Crippen LogP contribution in [0.1, 0.15) is 0 Å². The first-order valence-corrected chi connectivity index (χ1v) is 13.9. The Kier molecular flexibility index (Phi) is 7.11. The number of anilines is 1. The number of hydrogen-bond acceptors (Lipinski definition) is 5. The molecule has 5 aromatic rings. The highest BCUT2D eigenvalue weighted by molar-refractivity contribution is 9.10. The summed E-state index contributed by atoms with van der Waals surface area (Å²) in [7, 11) is -4.50. The maximum Gasteiger partial charge on any atom is 0.573 e. The number of alkyl halides is 3. The molecule has 0 aromatic heterocycles. The van der Waals surface area contributed by atoms with Crippen LogP contribution in [0.25, 0.3) is 33.0 Å². The molecule has 0 radical (unpaired) electrons. The van der Waals surface area contributed by atoms with Gasteiger partial charge in [0.2, 0.25) is 0 Å². The Hall–Kier alpha value is -4.22. The van der Waals surface area contributed by atoms with E-state index in [1.165, 1.54) is 24.3 Å². The second kappa shape index (κ2) is 10.4. The van der Waals surface area contributed by atoms with E-state index in [1.807, 2.05) is 24.3 Å². The van der Waals surface area contributed by atoms with Crippen LogP contribution in [-0.4, -0.2) is 25.0 Å². The Morgan fingerprint density at radius 3 is 2.25 bits per heavy atom. The molecular weight excluding hydrogens is 611 g/mol. The molecule has 6 nitrogen and oxygen atoms in total. The molecule has 3 N–H and O–H groups in total. The van der Waals surface area contributed by atoms with Crippen molar-refractivity contribution in [1.82, 2.24) is 0 Å². The number of phenolic OH excluding ortho intramolecular Hbond substituents is 2. The zero-order chi connectivity index (χ0) is 28.7. The Labute approximate surface area is 235 Å². The van der Waals surface area contributed by atoms with Gasteiger partial charge in [-0.15, -0.1) is 13.2 Å². The van der Waals surface area contributed by atoms with Crippen molar-refractivity contribution in [1.29, 1.82) is 0 Å². The Morgan fingerprint density at radius 1 is 0.775 bits per heavy atom. The monoisotopic (exact) mass is 629 g/mol. The van der Waals surface area contributed by atoms with Gasteiger partial charge in [0, 0.05) is 15.7 Å². The summed E-state index contributed by atoms with van der Waals surface area (Å²) in [5.41, 5.74) is 2.61. The molecule has 5 aromatic carbocycles. The zero-order valence-corrected chi connectivity index (χ0v) is 22.7. The van der Waals surface area contributed by atoms with Gasteiger partial charge in [-0.25, -0.2) is 8.42 Å². The number of ether oxygens (including phenoxy) is 1. The van der Waals surface area contributed by atoms with Gasteiger partial charge in [0.25, 0.3) is 10.0 Å². The summed E-state index contributed by atoms with van der Waals surface area (Å²) >= 11 is 3.02. The van der Waals surface area contributed by atoms with E-state index in [0.29, 0.717) is 16.5 Å². The molecule has 0 fully saturated rings. The van der Waals surface area contributed by atoms with Crippen LogP contribution in [0, 0.1) is 0 Å². The molecule has 0 aliphatic heterocycles. The molecule has 0 bridgehead atoms. The molecule has 5 rings (SSSR count). The number of sulfonamides is 1. The summed E-state index contributed by atoms with van der Waals surface area (Å²) in [4.78, 5) is -0.703. The Morgan fingerprint density at radius 2 is 1.50 bits per heavy atom. The van der Waals surface area contributed by atoms with Gasteiger partial charge in [0.1, 0.15) is 16.4 Å². The van der Waals surface area contributed by atoms with Gasteiger partial charge >= 0.3 is 6.36 Å². The van der Waals surface area contributed by atoms with Gasteiger partial charge in [-0.3, -0.25) is 4.72 Å². The highest BCUT2D eigenvalue weighted by Gasteiger charge is 2.34. The molecule has 0 spiro atoms. The smallest absolute Gasteiger partial charge is 0.508 e. The molecule has 0 heterocycles. The lowest BCUT2D eigenvalue weighted by molar-refractivity contribution is -0.275. The summed E-state index contributed by atoms with van der Waals surface area (Å²) in [6, 6.07) is 24.9. The first-order chi connectivity index (χ1) is 18.9. The predicted octanol–water partition coefficient (Wildman–Crippen LogP) is 8.05.